The molecule has 3 aromatic heterocycles. The van der Waals surface area contributed by atoms with Crippen LogP contribution in [-0.4, -0.2) is 19.7 Å². The number of aromatic nitrogens is 4. The molecule has 5 nitrogen and oxygen atoms in total. The zero-order chi connectivity index (χ0) is 12.4. The number of hydrogen-bond donors (Lipinski definition) is 0. The van der Waals surface area contributed by atoms with Crippen LogP contribution in [0.15, 0.2) is 38.9 Å². The number of imidazole rings is 1. The number of aryl methyl sites for hydroxylation is 1. The second-order valence-electron chi connectivity index (χ2n) is 3.64. The van der Waals surface area contributed by atoms with Gasteiger partial charge in [-0.15, -0.1) is 0 Å². The van der Waals surface area contributed by atoms with Crippen LogP contribution < -0.4 is 0 Å². The van der Waals surface area contributed by atoms with E-state index >= 15 is 0 Å². The van der Waals surface area contributed by atoms with Crippen molar-refractivity contribution in [2.75, 3.05) is 0 Å². The minimum Gasteiger partial charge on any atom is -0.334 e. The lowest BCUT2D eigenvalue weighted by Gasteiger charge is -1.97. The van der Waals surface area contributed by atoms with E-state index in [2.05, 4.69) is 15.1 Å². The smallest absolute Gasteiger partial charge is 0.258 e. The molecule has 0 atom stereocenters. The summed E-state index contributed by atoms with van der Waals surface area (Å²) in [5.41, 5.74) is 0.973. The number of hydrogen-bond acceptors (Lipinski definition) is 6. The summed E-state index contributed by atoms with van der Waals surface area (Å²) in [6, 6.07) is 1.97. The van der Waals surface area contributed by atoms with Gasteiger partial charge in [0.1, 0.15) is 0 Å². The van der Waals surface area contributed by atoms with E-state index in [1.165, 1.54) is 0 Å². The first-order valence-corrected chi connectivity index (χ1v) is 7.21. The summed E-state index contributed by atoms with van der Waals surface area (Å²) in [6.45, 7) is 0. The topological polar surface area (TPSA) is 56.7 Å². The molecule has 0 aromatic carbocycles. The Kier molecular flexibility index (Phi) is 3.16. The first-order valence-electron chi connectivity index (χ1n) is 5.28. The van der Waals surface area contributed by atoms with Gasteiger partial charge in [0.25, 0.3) is 5.89 Å². The first kappa shape index (κ1) is 11.5. The highest BCUT2D eigenvalue weighted by molar-refractivity contribution is 7.98. The third-order valence-corrected chi connectivity index (χ3v) is 4.08. The Morgan fingerprint density at radius 1 is 1.50 bits per heavy atom. The molecule has 0 radical (unpaired) electrons. The van der Waals surface area contributed by atoms with Crippen molar-refractivity contribution >= 4 is 23.1 Å². The SMILES string of the molecule is Cn1ccnc1SCc1noc(-c2ccsc2)n1. The summed E-state index contributed by atoms with van der Waals surface area (Å²) in [5.74, 6) is 1.91. The first-order chi connectivity index (χ1) is 8.83. The van der Waals surface area contributed by atoms with Crippen LogP contribution in [0.1, 0.15) is 5.82 Å². The lowest BCUT2D eigenvalue weighted by Crippen LogP contribution is -1.90. The molecule has 0 spiro atoms. The van der Waals surface area contributed by atoms with Gasteiger partial charge < -0.3 is 9.09 Å². The van der Waals surface area contributed by atoms with Gasteiger partial charge >= 0.3 is 0 Å². The third-order valence-electron chi connectivity index (χ3n) is 2.34. The Hall–Kier alpha value is -1.60. The quantitative estimate of drug-likeness (QED) is 0.687. The lowest BCUT2D eigenvalue weighted by atomic mass is 10.3. The van der Waals surface area contributed by atoms with Gasteiger partial charge in [-0.05, 0) is 11.4 Å². The Morgan fingerprint density at radius 2 is 2.44 bits per heavy atom. The van der Waals surface area contributed by atoms with Crippen LogP contribution in [0.5, 0.6) is 0 Å². The fourth-order valence-electron chi connectivity index (χ4n) is 1.44. The van der Waals surface area contributed by atoms with Gasteiger partial charge in [-0.25, -0.2) is 4.98 Å². The number of rotatable bonds is 4. The van der Waals surface area contributed by atoms with Gasteiger partial charge in [0, 0.05) is 24.8 Å². The van der Waals surface area contributed by atoms with Crippen molar-refractivity contribution in [3.63, 3.8) is 0 Å². The fraction of sp³-hybridized carbons (Fsp3) is 0.182. The highest BCUT2D eigenvalue weighted by Crippen LogP contribution is 2.23. The number of nitrogens with zero attached hydrogens (tertiary/aromatic N) is 4. The van der Waals surface area contributed by atoms with Crippen LogP contribution in [-0.2, 0) is 12.8 Å². The molecule has 0 bridgehead atoms. The fourth-order valence-corrected chi connectivity index (χ4v) is 2.84. The summed E-state index contributed by atoms with van der Waals surface area (Å²) in [5, 5.41) is 8.88. The highest BCUT2D eigenvalue weighted by Gasteiger charge is 2.10. The molecule has 3 rings (SSSR count). The highest BCUT2D eigenvalue weighted by atomic mass is 32.2. The van der Waals surface area contributed by atoms with E-state index in [0.717, 1.165) is 10.7 Å². The predicted molar refractivity (Wildman–Crippen MR) is 70.4 cm³/mol. The predicted octanol–water partition coefficient (Wildman–Crippen LogP) is 2.82. The Bertz CT molecular complexity index is 629. The molecule has 0 saturated carbocycles. The summed E-state index contributed by atoms with van der Waals surface area (Å²) < 4.78 is 7.18. The van der Waals surface area contributed by atoms with Gasteiger partial charge in [-0.1, -0.05) is 16.9 Å². The van der Waals surface area contributed by atoms with Crippen LogP contribution in [0.4, 0.5) is 0 Å². The standard InChI is InChI=1S/C11H10N4OS2/c1-15-4-3-12-11(15)18-7-9-13-10(16-14-9)8-2-5-17-6-8/h2-6H,7H2,1H3. The van der Waals surface area contributed by atoms with Gasteiger partial charge in [-0.2, -0.15) is 16.3 Å². The molecular weight excluding hydrogens is 268 g/mol. The van der Waals surface area contributed by atoms with E-state index in [1.807, 2.05) is 34.6 Å². The molecule has 0 fully saturated rings. The van der Waals surface area contributed by atoms with Crippen molar-refractivity contribution in [3.05, 3.63) is 35.0 Å². The maximum absolute atomic E-state index is 5.21. The molecule has 7 heteroatoms. The maximum Gasteiger partial charge on any atom is 0.258 e. The molecule has 0 amide bonds. The molecule has 0 unspecified atom stereocenters. The summed E-state index contributed by atoms with van der Waals surface area (Å²) >= 11 is 3.20. The largest absolute Gasteiger partial charge is 0.334 e. The van der Waals surface area contributed by atoms with E-state index in [-0.39, 0.29) is 0 Å². The third kappa shape index (κ3) is 2.32. The summed E-state index contributed by atoms with van der Waals surface area (Å²) in [7, 11) is 1.96. The lowest BCUT2D eigenvalue weighted by molar-refractivity contribution is 0.425. The van der Waals surface area contributed by atoms with Crippen LogP contribution in [0.3, 0.4) is 0 Å². The Labute approximate surface area is 112 Å². The summed E-state index contributed by atoms with van der Waals surface area (Å²) in [6.07, 6.45) is 3.69. The molecule has 0 N–H and O–H groups in total. The molecule has 3 heterocycles. The zero-order valence-electron chi connectivity index (χ0n) is 9.61. The van der Waals surface area contributed by atoms with Gasteiger partial charge in [0.05, 0.1) is 11.3 Å². The molecule has 0 aliphatic rings. The average molecular weight is 278 g/mol. The molecule has 18 heavy (non-hydrogen) atoms. The van der Waals surface area contributed by atoms with Crippen molar-refractivity contribution in [2.24, 2.45) is 7.05 Å². The van der Waals surface area contributed by atoms with Gasteiger partial charge in [-0.3, -0.25) is 0 Å². The van der Waals surface area contributed by atoms with Crippen molar-refractivity contribution in [1.82, 2.24) is 19.7 Å². The number of thioether (sulfide) groups is 1. The van der Waals surface area contributed by atoms with E-state index in [4.69, 9.17) is 4.52 Å². The van der Waals surface area contributed by atoms with Crippen LogP contribution in [0.2, 0.25) is 0 Å². The molecule has 0 aliphatic heterocycles. The van der Waals surface area contributed by atoms with Crippen LogP contribution in [0, 0.1) is 0 Å². The average Bonchev–Trinajstić information content (AvgIpc) is 3.08. The normalized spacial score (nSPS) is 10.9. The summed E-state index contributed by atoms with van der Waals surface area (Å²) in [4.78, 5) is 8.58. The second-order valence-corrected chi connectivity index (χ2v) is 5.36. The Morgan fingerprint density at radius 3 is 3.17 bits per heavy atom. The van der Waals surface area contributed by atoms with Crippen molar-refractivity contribution in [1.29, 1.82) is 0 Å². The Balaban J connectivity index is 1.69. The molecule has 0 saturated heterocycles. The maximum atomic E-state index is 5.21. The minimum atomic E-state index is 0.576. The van der Waals surface area contributed by atoms with Gasteiger partial charge in [0.15, 0.2) is 11.0 Å². The van der Waals surface area contributed by atoms with E-state index in [1.54, 1.807) is 29.3 Å². The van der Waals surface area contributed by atoms with E-state index in [9.17, 15) is 0 Å². The minimum absolute atomic E-state index is 0.576. The van der Waals surface area contributed by atoms with Crippen LogP contribution in [0.25, 0.3) is 11.5 Å². The zero-order valence-corrected chi connectivity index (χ0v) is 11.2. The molecule has 92 valence electrons. The van der Waals surface area contributed by atoms with Crippen molar-refractivity contribution < 1.29 is 4.52 Å². The monoisotopic (exact) mass is 278 g/mol. The molecule has 0 aliphatic carbocycles. The van der Waals surface area contributed by atoms with E-state index in [0.29, 0.717) is 17.5 Å². The van der Waals surface area contributed by atoms with Crippen molar-refractivity contribution in [3.8, 4) is 11.5 Å². The molecule has 3 aromatic rings. The van der Waals surface area contributed by atoms with Gasteiger partial charge in [0.2, 0.25) is 0 Å². The number of thiophene rings is 1. The van der Waals surface area contributed by atoms with Crippen molar-refractivity contribution in [2.45, 2.75) is 10.9 Å². The van der Waals surface area contributed by atoms with E-state index < -0.39 is 0 Å². The van der Waals surface area contributed by atoms with Crippen LogP contribution >= 0.6 is 23.1 Å². The second kappa shape index (κ2) is 4.95. The molecular formula is C11H10N4OS2.